The summed E-state index contributed by atoms with van der Waals surface area (Å²) in [5.41, 5.74) is 5.77. The van der Waals surface area contributed by atoms with Crippen LogP contribution in [0.5, 0.6) is 0 Å². The zero-order chi connectivity index (χ0) is 23.6. The number of hydrogen-bond donors (Lipinski definition) is 7. The Hall–Kier alpha value is -2.34. The molecule has 4 unspecified atom stereocenters. The minimum absolute atomic E-state index is 0.149. The van der Waals surface area contributed by atoms with Gasteiger partial charge in [-0.25, -0.2) is 4.79 Å². The van der Waals surface area contributed by atoms with E-state index >= 15 is 0 Å². The van der Waals surface area contributed by atoms with Crippen LogP contribution < -0.4 is 21.7 Å². The lowest BCUT2D eigenvalue weighted by Crippen LogP contribution is -2.59. The molecule has 0 saturated heterocycles. The van der Waals surface area contributed by atoms with E-state index < -0.39 is 66.2 Å². The summed E-state index contributed by atoms with van der Waals surface area (Å²) in [5.74, 6) is -5.35. The average Bonchev–Trinajstić information content (AvgIpc) is 2.65. The standard InChI is InChI=1S/C18H32N4O7S/c1-8(2)13(19)16(26)20-10(5-6-12(23)24)15(25)22-14(9(3)4)17(27)21-11(7-30)18(28)29/h8-11,13-14,30H,5-7,19H2,1-4H3,(H,20,26)(H,21,27)(H,22,25)(H,23,24)(H,28,29). The second-order valence-corrected chi connectivity index (χ2v) is 7.94. The van der Waals surface area contributed by atoms with E-state index in [0.717, 1.165) is 0 Å². The van der Waals surface area contributed by atoms with Crippen LogP contribution in [0, 0.1) is 11.8 Å². The van der Waals surface area contributed by atoms with Crippen LogP contribution in [0.1, 0.15) is 40.5 Å². The molecule has 0 aliphatic heterocycles. The SMILES string of the molecule is CC(C)C(N)C(=O)NC(CCC(=O)O)C(=O)NC(C(=O)NC(CS)C(=O)O)C(C)C. The average molecular weight is 449 g/mol. The number of nitrogens with one attached hydrogen (secondary N) is 3. The number of amides is 3. The summed E-state index contributed by atoms with van der Waals surface area (Å²) in [6.07, 6.45) is -0.604. The number of thiol groups is 1. The van der Waals surface area contributed by atoms with Gasteiger partial charge in [-0.3, -0.25) is 19.2 Å². The van der Waals surface area contributed by atoms with Gasteiger partial charge < -0.3 is 31.9 Å². The number of aliphatic carboxylic acids is 2. The van der Waals surface area contributed by atoms with E-state index in [-0.39, 0.29) is 18.1 Å². The molecule has 0 aromatic rings. The molecule has 0 heterocycles. The van der Waals surface area contributed by atoms with Crippen molar-refractivity contribution in [2.24, 2.45) is 17.6 Å². The molecule has 0 aliphatic carbocycles. The smallest absolute Gasteiger partial charge is 0.327 e. The van der Waals surface area contributed by atoms with Gasteiger partial charge in [0.25, 0.3) is 0 Å². The summed E-state index contributed by atoms with van der Waals surface area (Å²) in [4.78, 5) is 59.5. The quantitative estimate of drug-likeness (QED) is 0.174. The van der Waals surface area contributed by atoms with Crippen LogP contribution in [0.4, 0.5) is 0 Å². The number of carbonyl (C=O) groups is 5. The van der Waals surface area contributed by atoms with Crippen molar-refractivity contribution >= 4 is 42.3 Å². The van der Waals surface area contributed by atoms with Crippen molar-refractivity contribution in [3.8, 4) is 0 Å². The lowest BCUT2D eigenvalue weighted by Gasteiger charge is -2.27. The monoisotopic (exact) mass is 448 g/mol. The fourth-order valence-electron chi connectivity index (χ4n) is 2.34. The second kappa shape index (κ2) is 13.1. The zero-order valence-corrected chi connectivity index (χ0v) is 18.4. The summed E-state index contributed by atoms with van der Waals surface area (Å²) < 4.78 is 0. The summed E-state index contributed by atoms with van der Waals surface area (Å²) >= 11 is 3.87. The van der Waals surface area contributed by atoms with Crippen LogP contribution in [0.15, 0.2) is 0 Å². The highest BCUT2D eigenvalue weighted by Crippen LogP contribution is 2.07. The first kappa shape index (κ1) is 27.7. The van der Waals surface area contributed by atoms with Gasteiger partial charge >= 0.3 is 11.9 Å². The third-order valence-corrected chi connectivity index (χ3v) is 4.71. The first-order chi connectivity index (χ1) is 13.8. The van der Waals surface area contributed by atoms with E-state index in [2.05, 4.69) is 28.6 Å². The summed E-state index contributed by atoms with van der Waals surface area (Å²) in [5, 5.41) is 25.2. The van der Waals surface area contributed by atoms with Gasteiger partial charge in [-0.2, -0.15) is 12.6 Å². The lowest BCUT2D eigenvalue weighted by atomic mass is 10.0. The van der Waals surface area contributed by atoms with Gasteiger partial charge in [0.15, 0.2) is 0 Å². The highest BCUT2D eigenvalue weighted by atomic mass is 32.1. The fourth-order valence-corrected chi connectivity index (χ4v) is 2.59. The Morgan fingerprint density at radius 3 is 1.77 bits per heavy atom. The van der Waals surface area contributed by atoms with Crippen LogP contribution in [0.2, 0.25) is 0 Å². The van der Waals surface area contributed by atoms with E-state index in [1.165, 1.54) is 0 Å². The Labute approximate surface area is 180 Å². The van der Waals surface area contributed by atoms with Crippen LogP contribution in [-0.4, -0.2) is 69.8 Å². The molecular weight excluding hydrogens is 416 g/mol. The molecule has 11 nitrogen and oxygen atoms in total. The largest absolute Gasteiger partial charge is 0.481 e. The molecule has 0 aliphatic rings. The number of carboxylic acid groups (broad SMARTS) is 2. The van der Waals surface area contributed by atoms with Crippen LogP contribution in [-0.2, 0) is 24.0 Å². The van der Waals surface area contributed by atoms with Gasteiger partial charge in [-0.1, -0.05) is 27.7 Å². The molecule has 0 rings (SSSR count). The third kappa shape index (κ3) is 9.44. The van der Waals surface area contributed by atoms with Crippen molar-refractivity contribution in [3.05, 3.63) is 0 Å². The number of rotatable bonds is 13. The number of carbonyl (C=O) groups excluding carboxylic acids is 3. The van der Waals surface area contributed by atoms with E-state index in [0.29, 0.717) is 0 Å². The predicted molar refractivity (Wildman–Crippen MR) is 112 cm³/mol. The van der Waals surface area contributed by atoms with Crippen LogP contribution in [0.25, 0.3) is 0 Å². The molecule has 0 aromatic carbocycles. The number of carboxylic acids is 2. The van der Waals surface area contributed by atoms with Gasteiger partial charge in [-0.15, -0.1) is 0 Å². The predicted octanol–water partition coefficient (Wildman–Crippen LogP) is -1.04. The Balaban J connectivity index is 5.41. The molecule has 30 heavy (non-hydrogen) atoms. The van der Waals surface area contributed by atoms with Gasteiger partial charge in [0, 0.05) is 12.2 Å². The van der Waals surface area contributed by atoms with E-state index in [1.807, 2.05) is 0 Å². The first-order valence-corrected chi connectivity index (χ1v) is 10.2. The van der Waals surface area contributed by atoms with Crippen LogP contribution >= 0.6 is 12.6 Å². The van der Waals surface area contributed by atoms with Crippen LogP contribution in [0.3, 0.4) is 0 Å². The molecule has 7 N–H and O–H groups in total. The third-order valence-electron chi connectivity index (χ3n) is 4.34. The molecule has 0 fully saturated rings. The highest BCUT2D eigenvalue weighted by molar-refractivity contribution is 7.80. The van der Waals surface area contributed by atoms with E-state index in [9.17, 15) is 24.0 Å². The Kier molecular flexibility index (Phi) is 12.0. The molecule has 172 valence electrons. The minimum atomic E-state index is -1.28. The van der Waals surface area contributed by atoms with Crippen molar-refractivity contribution in [2.45, 2.75) is 64.7 Å². The van der Waals surface area contributed by atoms with Gasteiger partial charge in [-0.05, 0) is 18.3 Å². The normalized spacial score (nSPS) is 15.1. The maximum atomic E-state index is 12.7. The maximum Gasteiger partial charge on any atom is 0.327 e. The fraction of sp³-hybridized carbons (Fsp3) is 0.722. The van der Waals surface area contributed by atoms with Gasteiger partial charge in [0.1, 0.15) is 18.1 Å². The van der Waals surface area contributed by atoms with Crippen molar-refractivity contribution in [1.82, 2.24) is 16.0 Å². The summed E-state index contributed by atoms with van der Waals surface area (Å²) in [6.45, 7) is 6.72. The first-order valence-electron chi connectivity index (χ1n) is 9.53. The zero-order valence-electron chi connectivity index (χ0n) is 17.5. The molecular formula is C18H32N4O7S. The van der Waals surface area contributed by atoms with Crippen molar-refractivity contribution < 1.29 is 34.2 Å². The summed E-state index contributed by atoms with van der Waals surface area (Å²) in [7, 11) is 0. The van der Waals surface area contributed by atoms with Crippen molar-refractivity contribution in [2.75, 3.05) is 5.75 Å². The molecule has 0 aromatic heterocycles. The molecule has 4 atom stereocenters. The molecule has 0 spiro atoms. The molecule has 12 heteroatoms. The topological polar surface area (TPSA) is 188 Å². The molecule has 0 bridgehead atoms. The Bertz CT molecular complexity index is 642. The van der Waals surface area contributed by atoms with Gasteiger partial charge in [0.2, 0.25) is 17.7 Å². The molecule has 0 radical (unpaired) electrons. The van der Waals surface area contributed by atoms with E-state index in [1.54, 1.807) is 27.7 Å². The van der Waals surface area contributed by atoms with Gasteiger partial charge in [0.05, 0.1) is 6.04 Å². The van der Waals surface area contributed by atoms with E-state index in [4.69, 9.17) is 15.9 Å². The van der Waals surface area contributed by atoms with Crippen molar-refractivity contribution in [1.29, 1.82) is 0 Å². The number of nitrogens with two attached hydrogens (primary N) is 1. The minimum Gasteiger partial charge on any atom is -0.481 e. The maximum absolute atomic E-state index is 12.7. The number of hydrogen-bond acceptors (Lipinski definition) is 7. The second-order valence-electron chi connectivity index (χ2n) is 7.58. The van der Waals surface area contributed by atoms with Crippen molar-refractivity contribution in [3.63, 3.8) is 0 Å². The lowest BCUT2D eigenvalue weighted by molar-refractivity contribution is -0.142. The Morgan fingerprint density at radius 2 is 1.37 bits per heavy atom. The molecule has 3 amide bonds. The Morgan fingerprint density at radius 1 is 0.833 bits per heavy atom. The summed E-state index contributed by atoms with van der Waals surface area (Å²) in [6, 6.07) is -4.48. The highest BCUT2D eigenvalue weighted by Gasteiger charge is 2.32. The molecule has 0 saturated carbocycles.